The number of carbonyl (C=O) groups is 1. The first-order chi connectivity index (χ1) is 12.7. The number of rotatable bonds is 7. The molecule has 0 saturated carbocycles. The Kier molecular flexibility index (Phi) is 6.40. The number of benzene rings is 2. The average Bonchev–Trinajstić information content (AvgIpc) is 2.62. The van der Waals surface area contributed by atoms with Crippen LogP contribution in [0.5, 0.6) is 11.5 Å². The van der Waals surface area contributed by atoms with Crippen molar-refractivity contribution in [3.63, 3.8) is 0 Å². The van der Waals surface area contributed by atoms with Crippen LogP contribution in [0.1, 0.15) is 5.56 Å². The average molecular weight is 396 g/mol. The monoisotopic (exact) mass is 396 g/mol. The van der Waals surface area contributed by atoms with Crippen molar-refractivity contribution >= 4 is 21.6 Å². The van der Waals surface area contributed by atoms with Gasteiger partial charge in [-0.3, -0.25) is 4.79 Å². The summed E-state index contributed by atoms with van der Waals surface area (Å²) >= 11 is 0. The predicted octanol–water partition coefficient (Wildman–Crippen LogP) is 2.41. The van der Waals surface area contributed by atoms with E-state index in [0.717, 1.165) is 22.0 Å². The number of hydrogen-bond donors (Lipinski definition) is 1. The van der Waals surface area contributed by atoms with Crippen LogP contribution in [0.25, 0.3) is 0 Å². The third kappa shape index (κ3) is 4.75. The van der Waals surface area contributed by atoms with Crippen molar-refractivity contribution in [1.29, 1.82) is 0 Å². The van der Waals surface area contributed by atoms with Crippen LogP contribution in [0.15, 0.2) is 41.3 Å². The molecule has 2 aromatic carbocycles. The fraction of sp³-hybridized carbons (Fsp3) is 0.278. The molecular formula is C18H21FN2O5S. The van der Waals surface area contributed by atoms with Crippen LogP contribution in [0.3, 0.4) is 0 Å². The molecule has 0 saturated heterocycles. The van der Waals surface area contributed by atoms with Crippen molar-refractivity contribution in [3.05, 3.63) is 47.8 Å². The molecule has 0 aliphatic heterocycles. The second-order valence-electron chi connectivity index (χ2n) is 5.81. The highest BCUT2D eigenvalue weighted by Crippen LogP contribution is 2.32. The summed E-state index contributed by atoms with van der Waals surface area (Å²) in [7, 11) is -0.442. The molecule has 0 bridgehead atoms. The molecule has 9 heteroatoms. The number of nitrogens with zero attached hydrogens (tertiary/aromatic N) is 1. The summed E-state index contributed by atoms with van der Waals surface area (Å²) < 4.78 is 50.3. The van der Waals surface area contributed by atoms with Crippen molar-refractivity contribution < 1.29 is 27.1 Å². The molecule has 2 aromatic rings. The number of methoxy groups -OCH3 is 2. The topological polar surface area (TPSA) is 84.9 Å². The van der Waals surface area contributed by atoms with E-state index in [-0.39, 0.29) is 11.5 Å². The molecule has 0 spiro atoms. The molecule has 7 nitrogen and oxygen atoms in total. The molecule has 1 amide bonds. The van der Waals surface area contributed by atoms with Crippen LogP contribution in [0, 0.1) is 12.7 Å². The Labute approximate surface area is 157 Å². The summed E-state index contributed by atoms with van der Waals surface area (Å²) in [6.45, 7) is 1.42. The third-order valence-electron chi connectivity index (χ3n) is 3.83. The SMILES string of the molecule is COc1cc(F)c(S(=O)(=O)N(C)CC(=O)Nc2ccc(C)cc2)cc1OC. The van der Waals surface area contributed by atoms with Gasteiger partial charge in [0.1, 0.15) is 10.7 Å². The molecule has 27 heavy (non-hydrogen) atoms. The van der Waals surface area contributed by atoms with Gasteiger partial charge in [-0.05, 0) is 19.1 Å². The molecule has 0 aliphatic carbocycles. The highest BCUT2D eigenvalue weighted by molar-refractivity contribution is 7.89. The first kappa shape index (κ1) is 20.7. The number of sulfonamides is 1. The van der Waals surface area contributed by atoms with Crippen LogP contribution in [-0.4, -0.2) is 46.4 Å². The zero-order valence-electron chi connectivity index (χ0n) is 15.4. The Morgan fingerprint density at radius 2 is 1.67 bits per heavy atom. The molecule has 1 N–H and O–H groups in total. The number of amides is 1. The van der Waals surface area contributed by atoms with Crippen molar-refractivity contribution in [2.45, 2.75) is 11.8 Å². The molecule has 2 rings (SSSR count). The van der Waals surface area contributed by atoms with E-state index in [0.29, 0.717) is 5.69 Å². The number of halogens is 1. The van der Waals surface area contributed by atoms with Crippen molar-refractivity contribution in [2.24, 2.45) is 0 Å². The van der Waals surface area contributed by atoms with Gasteiger partial charge in [0.25, 0.3) is 0 Å². The molecular weight excluding hydrogens is 375 g/mol. The number of hydrogen-bond acceptors (Lipinski definition) is 5. The van der Waals surface area contributed by atoms with Gasteiger partial charge in [-0.2, -0.15) is 4.31 Å². The molecule has 0 aromatic heterocycles. The minimum atomic E-state index is -4.26. The summed E-state index contributed by atoms with van der Waals surface area (Å²) in [4.78, 5) is 11.5. The maximum atomic E-state index is 14.3. The zero-order valence-corrected chi connectivity index (χ0v) is 16.3. The van der Waals surface area contributed by atoms with E-state index < -0.39 is 33.2 Å². The Bertz CT molecular complexity index is 930. The lowest BCUT2D eigenvalue weighted by atomic mass is 10.2. The smallest absolute Gasteiger partial charge is 0.246 e. The van der Waals surface area contributed by atoms with E-state index in [2.05, 4.69) is 5.32 Å². The lowest BCUT2D eigenvalue weighted by molar-refractivity contribution is -0.116. The molecule has 0 atom stereocenters. The van der Waals surface area contributed by atoms with E-state index in [1.807, 2.05) is 19.1 Å². The van der Waals surface area contributed by atoms with Gasteiger partial charge in [-0.15, -0.1) is 0 Å². The predicted molar refractivity (Wildman–Crippen MR) is 99.1 cm³/mol. The van der Waals surface area contributed by atoms with Gasteiger partial charge in [0.2, 0.25) is 15.9 Å². The van der Waals surface area contributed by atoms with Crippen molar-refractivity contribution in [3.8, 4) is 11.5 Å². The van der Waals surface area contributed by atoms with Crippen molar-refractivity contribution in [2.75, 3.05) is 33.1 Å². The number of nitrogens with one attached hydrogen (secondary N) is 1. The van der Waals surface area contributed by atoms with E-state index >= 15 is 0 Å². The highest BCUT2D eigenvalue weighted by Gasteiger charge is 2.28. The van der Waals surface area contributed by atoms with Gasteiger partial charge in [0, 0.05) is 24.9 Å². The van der Waals surface area contributed by atoms with E-state index in [1.54, 1.807) is 12.1 Å². The van der Waals surface area contributed by atoms with Crippen LogP contribution in [0.2, 0.25) is 0 Å². The number of carbonyl (C=O) groups excluding carboxylic acids is 1. The minimum Gasteiger partial charge on any atom is -0.493 e. The fourth-order valence-corrected chi connectivity index (χ4v) is 3.51. The summed E-state index contributed by atoms with van der Waals surface area (Å²) in [5.74, 6) is -1.42. The Morgan fingerprint density at radius 1 is 1.11 bits per heavy atom. The van der Waals surface area contributed by atoms with E-state index in [9.17, 15) is 17.6 Å². The number of aryl methyl sites for hydroxylation is 1. The molecule has 0 heterocycles. The molecule has 0 radical (unpaired) electrons. The second kappa shape index (κ2) is 8.36. The molecule has 146 valence electrons. The van der Waals surface area contributed by atoms with Gasteiger partial charge < -0.3 is 14.8 Å². The van der Waals surface area contributed by atoms with Crippen LogP contribution in [-0.2, 0) is 14.8 Å². The summed E-state index contributed by atoms with van der Waals surface area (Å²) in [5, 5.41) is 2.60. The Balaban J connectivity index is 2.20. The maximum Gasteiger partial charge on any atom is 0.246 e. The first-order valence-electron chi connectivity index (χ1n) is 7.93. The zero-order chi connectivity index (χ0) is 20.2. The van der Waals surface area contributed by atoms with Crippen molar-refractivity contribution in [1.82, 2.24) is 4.31 Å². The standard InChI is InChI=1S/C18H21FN2O5S/c1-12-5-7-13(8-6-12)20-18(22)11-21(2)27(23,24)17-10-16(26-4)15(25-3)9-14(17)19/h5-10H,11H2,1-4H3,(H,20,22). The quantitative estimate of drug-likeness (QED) is 0.777. The van der Waals surface area contributed by atoms with Crippen LogP contribution < -0.4 is 14.8 Å². The second-order valence-corrected chi connectivity index (χ2v) is 7.83. The molecule has 0 aliphatic rings. The maximum absolute atomic E-state index is 14.3. The van der Waals surface area contributed by atoms with Gasteiger partial charge in [0.05, 0.1) is 20.8 Å². The summed E-state index contributed by atoms with van der Waals surface area (Å²) in [6.07, 6.45) is 0. The van der Waals surface area contributed by atoms with Gasteiger partial charge in [-0.25, -0.2) is 12.8 Å². The minimum absolute atomic E-state index is 0.0636. The van der Waals surface area contributed by atoms with E-state index in [4.69, 9.17) is 9.47 Å². The van der Waals surface area contributed by atoms with Crippen LogP contribution >= 0.6 is 0 Å². The summed E-state index contributed by atoms with van der Waals surface area (Å²) in [6, 6.07) is 8.99. The Hall–Kier alpha value is -2.65. The third-order valence-corrected chi connectivity index (χ3v) is 5.65. The lowest BCUT2D eigenvalue weighted by Crippen LogP contribution is -2.35. The number of ether oxygens (including phenoxy) is 2. The molecule has 0 unspecified atom stereocenters. The normalized spacial score (nSPS) is 11.3. The molecule has 0 fully saturated rings. The first-order valence-corrected chi connectivity index (χ1v) is 9.37. The largest absolute Gasteiger partial charge is 0.493 e. The fourth-order valence-electron chi connectivity index (χ4n) is 2.33. The number of anilines is 1. The van der Waals surface area contributed by atoms with Crippen LogP contribution in [0.4, 0.5) is 10.1 Å². The van der Waals surface area contributed by atoms with E-state index in [1.165, 1.54) is 21.3 Å². The number of likely N-dealkylation sites (N-methyl/N-ethyl adjacent to an activating group) is 1. The Morgan fingerprint density at radius 3 is 2.22 bits per heavy atom. The summed E-state index contributed by atoms with van der Waals surface area (Å²) in [5.41, 5.74) is 1.56. The highest BCUT2D eigenvalue weighted by atomic mass is 32.2. The lowest BCUT2D eigenvalue weighted by Gasteiger charge is -2.18. The van der Waals surface area contributed by atoms with Gasteiger partial charge >= 0.3 is 0 Å². The van der Waals surface area contributed by atoms with Gasteiger partial charge in [-0.1, -0.05) is 17.7 Å². The van der Waals surface area contributed by atoms with Gasteiger partial charge in [0.15, 0.2) is 11.5 Å².